The molecule has 30 heavy (non-hydrogen) atoms. The summed E-state index contributed by atoms with van der Waals surface area (Å²) >= 11 is 0. The van der Waals surface area contributed by atoms with Gasteiger partial charge in [0.15, 0.2) is 0 Å². The molecule has 3 rings (SSSR count). The number of nitrogens with zero attached hydrogens (tertiary/aromatic N) is 3. The predicted octanol–water partition coefficient (Wildman–Crippen LogP) is 2.58. The Kier molecular flexibility index (Phi) is 7.52. The van der Waals surface area contributed by atoms with Gasteiger partial charge < -0.3 is 9.80 Å². The second-order valence-electron chi connectivity index (χ2n) is 8.19. The summed E-state index contributed by atoms with van der Waals surface area (Å²) < 4.78 is 28.7. The van der Waals surface area contributed by atoms with Crippen molar-refractivity contribution in [1.29, 1.82) is 0 Å². The maximum Gasteiger partial charge on any atom is 0.240 e. The van der Waals surface area contributed by atoms with Gasteiger partial charge in [-0.15, -0.1) is 0 Å². The number of sulfonamides is 1. The van der Waals surface area contributed by atoms with Crippen LogP contribution in [0.15, 0.2) is 53.4 Å². The van der Waals surface area contributed by atoms with Gasteiger partial charge in [-0.2, -0.15) is 0 Å². The molecule has 0 bridgehead atoms. The standard InChI is InChI=1S/C23H34N4O2S/c1-5-19-6-12-22(13-7-19)30(28,29)24-18-23(27-16-14-26(4)15-17-27)20-8-10-21(11-9-20)25(2)3/h6-13,23-24H,5,14-18H2,1-4H3/t23-/m0/s1. The smallest absolute Gasteiger partial charge is 0.240 e. The molecule has 2 aromatic carbocycles. The van der Waals surface area contributed by atoms with Crippen molar-refractivity contribution in [3.63, 3.8) is 0 Å². The van der Waals surface area contributed by atoms with E-state index in [9.17, 15) is 8.42 Å². The maximum absolute atomic E-state index is 12.9. The Bertz CT molecular complexity index is 903. The zero-order chi connectivity index (χ0) is 21.7. The summed E-state index contributed by atoms with van der Waals surface area (Å²) in [6.45, 7) is 6.22. The van der Waals surface area contributed by atoms with Crippen molar-refractivity contribution < 1.29 is 8.42 Å². The van der Waals surface area contributed by atoms with Crippen LogP contribution in [0.3, 0.4) is 0 Å². The number of hydrogen-bond donors (Lipinski definition) is 1. The topological polar surface area (TPSA) is 55.9 Å². The van der Waals surface area contributed by atoms with Crippen molar-refractivity contribution >= 4 is 15.7 Å². The molecule has 1 N–H and O–H groups in total. The van der Waals surface area contributed by atoms with E-state index in [0.717, 1.165) is 49.4 Å². The van der Waals surface area contributed by atoms with Crippen molar-refractivity contribution in [3.05, 3.63) is 59.7 Å². The summed E-state index contributed by atoms with van der Waals surface area (Å²) in [5, 5.41) is 0. The van der Waals surface area contributed by atoms with Crippen LogP contribution < -0.4 is 9.62 Å². The maximum atomic E-state index is 12.9. The van der Waals surface area contributed by atoms with E-state index < -0.39 is 10.0 Å². The molecule has 0 unspecified atom stereocenters. The molecular formula is C23H34N4O2S. The van der Waals surface area contributed by atoms with E-state index in [4.69, 9.17) is 0 Å². The van der Waals surface area contributed by atoms with E-state index in [0.29, 0.717) is 11.4 Å². The highest BCUT2D eigenvalue weighted by Crippen LogP contribution is 2.25. The molecule has 1 heterocycles. The molecule has 164 valence electrons. The number of rotatable bonds is 8. The molecular weight excluding hydrogens is 396 g/mol. The van der Waals surface area contributed by atoms with E-state index in [2.05, 4.69) is 57.7 Å². The molecule has 6 nitrogen and oxygen atoms in total. The lowest BCUT2D eigenvalue weighted by Gasteiger charge is -2.38. The predicted molar refractivity (Wildman–Crippen MR) is 124 cm³/mol. The average molecular weight is 431 g/mol. The second-order valence-corrected chi connectivity index (χ2v) is 9.96. The van der Waals surface area contributed by atoms with Crippen LogP contribution in [-0.2, 0) is 16.4 Å². The molecule has 1 fully saturated rings. The summed E-state index contributed by atoms with van der Waals surface area (Å²) in [5.74, 6) is 0. The SMILES string of the molecule is CCc1ccc(S(=O)(=O)NC[C@@H](c2ccc(N(C)C)cc2)N2CCN(C)CC2)cc1. The summed E-state index contributed by atoms with van der Waals surface area (Å²) in [7, 11) is 2.61. The first-order valence-corrected chi connectivity index (χ1v) is 12.1. The Morgan fingerprint density at radius 1 is 0.967 bits per heavy atom. The normalized spacial score (nSPS) is 17.1. The molecule has 0 radical (unpaired) electrons. The fraction of sp³-hybridized carbons (Fsp3) is 0.478. The molecule has 1 aliphatic rings. The van der Waals surface area contributed by atoms with Crippen molar-refractivity contribution in [1.82, 2.24) is 14.5 Å². The highest BCUT2D eigenvalue weighted by molar-refractivity contribution is 7.89. The third-order valence-electron chi connectivity index (χ3n) is 5.88. The number of piperazine rings is 1. The molecule has 0 aliphatic carbocycles. The van der Waals surface area contributed by atoms with Gasteiger partial charge in [0.1, 0.15) is 0 Å². The van der Waals surface area contributed by atoms with E-state index in [1.165, 1.54) is 0 Å². The largest absolute Gasteiger partial charge is 0.378 e. The lowest BCUT2D eigenvalue weighted by Crippen LogP contribution is -2.48. The molecule has 7 heteroatoms. The number of hydrogen-bond acceptors (Lipinski definition) is 5. The van der Waals surface area contributed by atoms with Crippen LogP contribution in [0, 0.1) is 0 Å². The van der Waals surface area contributed by atoms with Gasteiger partial charge in [-0.25, -0.2) is 13.1 Å². The zero-order valence-electron chi connectivity index (χ0n) is 18.5. The fourth-order valence-corrected chi connectivity index (χ4v) is 4.80. The van der Waals surface area contributed by atoms with Gasteiger partial charge >= 0.3 is 0 Å². The van der Waals surface area contributed by atoms with Crippen LogP contribution in [0.2, 0.25) is 0 Å². The first-order chi connectivity index (χ1) is 14.3. The van der Waals surface area contributed by atoms with Gasteiger partial charge in [-0.1, -0.05) is 31.2 Å². The van der Waals surface area contributed by atoms with Crippen LogP contribution in [0.25, 0.3) is 0 Å². The molecule has 1 aliphatic heterocycles. The number of aryl methyl sites for hydroxylation is 1. The number of likely N-dealkylation sites (N-methyl/N-ethyl adjacent to an activating group) is 1. The summed E-state index contributed by atoms with van der Waals surface area (Å²) in [4.78, 5) is 7.08. The minimum atomic E-state index is -3.55. The Balaban J connectivity index is 1.79. The van der Waals surface area contributed by atoms with Crippen LogP contribution in [0.4, 0.5) is 5.69 Å². The van der Waals surface area contributed by atoms with E-state index in [-0.39, 0.29) is 6.04 Å². The fourth-order valence-electron chi connectivity index (χ4n) is 3.76. The summed E-state index contributed by atoms with van der Waals surface area (Å²) in [6, 6.07) is 15.6. The Labute approximate surface area is 181 Å². The molecule has 1 saturated heterocycles. The van der Waals surface area contributed by atoms with Crippen LogP contribution in [0.1, 0.15) is 24.1 Å². The highest BCUT2D eigenvalue weighted by Gasteiger charge is 2.26. The van der Waals surface area contributed by atoms with Crippen LogP contribution in [0.5, 0.6) is 0 Å². The Hall–Kier alpha value is -1.93. The highest BCUT2D eigenvalue weighted by atomic mass is 32.2. The first-order valence-electron chi connectivity index (χ1n) is 10.6. The third-order valence-corrected chi connectivity index (χ3v) is 7.32. The molecule has 0 aromatic heterocycles. The zero-order valence-corrected chi connectivity index (χ0v) is 19.3. The van der Waals surface area contributed by atoms with Gasteiger partial charge in [-0.05, 0) is 48.9 Å². The Morgan fingerprint density at radius 2 is 1.57 bits per heavy atom. The van der Waals surface area contributed by atoms with Gasteiger partial charge in [0.25, 0.3) is 0 Å². The van der Waals surface area contributed by atoms with Crippen molar-refractivity contribution in [3.8, 4) is 0 Å². The van der Waals surface area contributed by atoms with Crippen LogP contribution >= 0.6 is 0 Å². The number of anilines is 1. The van der Waals surface area contributed by atoms with Gasteiger partial charge in [-0.3, -0.25) is 4.90 Å². The number of benzene rings is 2. The summed E-state index contributed by atoms with van der Waals surface area (Å²) in [6.07, 6.45) is 0.891. The minimum absolute atomic E-state index is 0.000368. The number of nitrogens with one attached hydrogen (secondary N) is 1. The molecule has 0 saturated carbocycles. The van der Waals surface area contributed by atoms with Crippen molar-refractivity contribution in [2.75, 3.05) is 58.8 Å². The monoisotopic (exact) mass is 430 g/mol. The second kappa shape index (κ2) is 9.92. The van der Waals surface area contributed by atoms with E-state index in [1.54, 1.807) is 12.1 Å². The molecule has 0 spiro atoms. The first kappa shape index (κ1) is 22.7. The van der Waals surface area contributed by atoms with Gasteiger partial charge in [0, 0.05) is 58.5 Å². The third kappa shape index (κ3) is 5.60. The lowest BCUT2D eigenvalue weighted by molar-refractivity contribution is 0.113. The van der Waals surface area contributed by atoms with Crippen LogP contribution in [-0.4, -0.2) is 72.1 Å². The van der Waals surface area contributed by atoms with E-state index >= 15 is 0 Å². The van der Waals surface area contributed by atoms with E-state index in [1.807, 2.05) is 26.2 Å². The minimum Gasteiger partial charge on any atom is -0.378 e. The van der Waals surface area contributed by atoms with Gasteiger partial charge in [0.05, 0.1) is 4.90 Å². The Morgan fingerprint density at radius 3 is 2.10 bits per heavy atom. The van der Waals surface area contributed by atoms with Gasteiger partial charge in [0.2, 0.25) is 10.0 Å². The molecule has 2 aromatic rings. The molecule has 0 amide bonds. The lowest BCUT2D eigenvalue weighted by atomic mass is 10.0. The molecule has 1 atom stereocenters. The summed E-state index contributed by atoms with van der Waals surface area (Å²) in [5.41, 5.74) is 3.40. The van der Waals surface area contributed by atoms with Crippen molar-refractivity contribution in [2.45, 2.75) is 24.3 Å². The van der Waals surface area contributed by atoms with Crippen molar-refractivity contribution in [2.24, 2.45) is 0 Å². The quantitative estimate of drug-likeness (QED) is 0.698. The average Bonchev–Trinajstić information content (AvgIpc) is 2.75.